The van der Waals surface area contributed by atoms with Crippen molar-refractivity contribution < 1.29 is 9.47 Å². The van der Waals surface area contributed by atoms with Crippen LogP contribution < -0.4 is 9.47 Å². The quantitative estimate of drug-likeness (QED) is 0.550. The van der Waals surface area contributed by atoms with E-state index in [2.05, 4.69) is 21.0 Å². The summed E-state index contributed by atoms with van der Waals surface area (Å²) in [6.45, 7) is 0. The van der Waals surface area contributed by atoms with E-state index >= 15 is 0 Å². The van der Waals surface area contributed by atoms with Crippen molar-refractivity contribution in [3.05, 3.63) is 67.3 Å². The van der Waals surface area contributed by atoms with Crippen LogP contribution in [0.2, 0.25) is 0 Å². The number of rotatable bonds is 4. The third-order valence-electron chi connectivity index (χ3n) is 4.29. The van der Waals surface area contributed by atoms with E-state index in [1.807, 2.05) is 48.7 Å². The zero-order valence-corrected chi connectivity index (χ0v) is 14.5. The zero-order valence-electron chi connectivity index (χ0n) is 14.5. The van der Waals surface area contributed by atoms with Crippen LogP contribution in [-0.2, 0) is 0 Å². The second-order valence-corrected chi connectivity index (χ2v) is 5.77. The third kappa shape index (κ3) is 2.84. The van der Waals surface area contributed by atoms with Crippen molar-refractivity contribution in [2.24, 2.45) is 0 Å². The lowest BCUT2D eigenvalue weighted by Crippen LogP contribution is -1.93. The molecule has 0 bridgehead atoms. The average molecular weight is 343 g/mol. The van der Waals surface area contributed by atoms with Crippen LogP contribution in [-0.4, -0.2) is 29.2 Å². The van der Waals surface area contributed by atoms with Gasteiger partial charge in [0, 0.05) is 28.9 Å². The summed E-state index contributed by atoms with van der Waals surface area (Å²) in [5, 5.41) is 0.973. The van der Waals surface area contributed by atoms with Crippen LogP contribution in [0.1, 0.15) is 0 Å². The molecule has 0 spiro atoms. The lowest BCUT2D eigenvalue weighted by atomic mass is 10.0. The molecule has 0 unspecified atom stereocenters. The van der Waals surface area contributed by atoms with Crippen molar-refractivity contribution in [3.8, 4) is 33.9 Å². The summed E-state index contributed by atoms with van der Waals surface area (Å²) in [6, 6.07) is 15.9. The SMILES string of the molecule is COc1ccc(-c2ncnc3ccc(-c4cccnc4)cc23)cc1OC. The van der Waals surface area contributed by atoms with Gasteiger partial charge in [0.25, 0.3) is 0 Å². The van der Waals surface area contributed by atoms with Crippen molar-refractivity contribution in [1.29, 1.82) is 0 Å². The van der Waals surface area contributed by atoms with Crippen LogP contribution in [0.15, 0.2) is 67.3 Å². The molecule has 5 nitrogen and oxygen atoms in total. The van der Waals surface area contributed by atoms with Gasteiger partial charge < -0.3 is 9.47 Å². The summed E-state index contributed by atoms with van der Waals surface area (Å²) >= 11 is 0. The lowest BCUT2D eigenvalue weighted by molar-refractivity contribution is 0.355. The molecule has 128 valence electrons. The molecule has 0 radical (unpaired) electrons. The van der Waals surface area contributed by atoms with Crippen LogP contribution in [0, 0.1) is 0 Å². The smallest absolute Gasteiger partial charge is 0.161 e. The van der Waals surface area contributed by atoms with Gasteiger partial charge in [0.2, 0.25) is 0 Å². The van der Waals surface area contributed by atoms with Crippen LogP contribution in [0.4, 0.5) is 0 Å². The minimum absolute atomic E-state index is 0.667. The van der Waals surface area contributed by atoms with Gasteiger partial charge >= 0.3 is 0 Å². The van der Waals surface area contributed by atoms with Crippen molar-refractivity contribution >= 4 is 10.9 Å². The van der Waals surface area contributed by atoms with Gasteiger partial charge in [-0.25, -0.2) is 9.97 Å². The highest BCUT2D eigenvalue weighted by Crippen LogP contribution is 2.35. The Labute approximate surface area is 151 Å². The van der Waals surface area contributed by atoms with Crippen molar-refractivity contribution in [3.63, 3.8) is 0 Å². The minimum atomic E-state index is 0.667. The summed E-state index contributed by atoms with van der Waals surface area (Å²) < 4.78 is 10.8. The Hall–Kier alpha value is -3.47. The molecular formula is C21H17N3O2. The van der Waals surface area contributed by atoms with Crippen molar-refractivity contribution in [2.45, 2.75) is 0 Å². The predicted molar refractivity (Wildman–Crippen MR) is 101 cm³/mol. The fourth-order valence-corrected chi connectivity index (χ4v) is 2.98. The standard InChI is InChI=1S/C21H17N3O2/c1-25-19-8-6-15(11-20(19)26-2)21-17-10-14(16-4-3-9-22-12-16)5-7-18(17)23-13-24-21/h3-13H,1-2H3. The molecular weight excluding hydrogens is 326 g/mol. The Balaban J connectivity index is 1.90. The Morgan fingerprint density at radius 2 is 1.62 bits per heavy atom. The number of benzene rings is 2. The van der Waals surface area contributed by atoms with E-state index in [9.17, 15) is 0 Å². The van der Waals surface area contributed by atoms with E-state index in [4.69, 9.17) is 9.47 Å². The van der Waals surface area contributed by atoms with Gasteiger partial charge in [0.05, 0.1) is 25.4 Å². The van der Waals surface area contributed by atoms with Crippen molar-refractivity contribution in [1.82, 2.24) is 15.0 Å². The summed E-state index contributed by atoms with van der Waals surface area (Å²) in [4.78, 5) is 13.1. The molecule has 4 rings (SSSR count). The van der Waals surface area contributed by atoms with Gasteiger partial charge in [-0.3, -0.25) is 4.98 Å². The first kappa shape index (κ1) is 16.0. The van der Waals surface area contributed by atoms with Crippen LogP contribution in [0.3, 0.4) is 0 Å². The average Bonchev–Trinajstić information content (AvgIpc) is 2.73. The summed E-state index contributed by atoms with van der Waals surface area (Å²) in [5.41, 5.74) is 4.80. The highest BCUT2D eigenvalue weighted by molar-refractivity contribution is 5.95. The fourth-order valence-electron chi connectivity index (χ4n) is 2.98. The van der Waals surface area contributed by atoms with Crippen LogP contribution in [0.25, 0.3) is 33.3 Å². The Kier molecular flexibility index (Phi) is 4.19. The largest absolute Gasteiger partial charge is 0.493 e. The van der Waals surface area contributed by atoms with Gasteiger partial charge in [0.1, 0.15) is 6.33 Å². The molecule has 0 aliphatic rings. The molecule has 0 N–H and O–H groups in total. The first-order valence-corrected chi connectivity index (χ1v) is 8.17. The number of ether oxygens (including phenoxy) is 2. The predicted octanol–water partition coefficient (Wildman–Crippen LogP) is 4.38. The maximum Gasteiger partial charge on any atom is 0.161 e. The second kappa shape index (κ2) is 6.80. The molecule has 0 fully saturated rings. The summed E-state index contributed by atoms with van der Waals surface area (Å²) in [5.74, 6) is 1.35. The Morgan fingerprint density at radius 3 is 2.38 bits per heavy atom. The Bertz CT molecular complexity index is 1070. The molecule has 2 heterocycles. The maximum atomic E-state index is 5.43. The van der Waals surface area contributed by atoms with E-state index < -0.39 is 0 Å². The summed E-state index contributed by atoms with van der Waals surface area (Å²) in [7, 11) is 3.25. The first-order chi connectivity index (χ1) is 12.8. The van der Waals surface area contributed by atoms with E-state index in [0.29, 0.717) is 11.5 Å². The second-order valence-electron chi connectivity index (χ2n) is 5.77. The van der Waals surface area contributed by atoms with Crippen LogP contribution >= 0.6 is 0 Å². The molecule has 5 heteroatoms. The molecule has 4 aromatic rings. The Morgan fingerprint density at radius 1 is 0.769 bits per heavy atom. The number of hydrogen-bond donors (Lipinski definition) is 0. The number of nitrogens with zero attached hydrogens (tertiary/aromatic N) is 3. The van der Waals surface area contributed by atoms with Gasteiger partial charge in [0.15, 0.2) is 11.5 Å². The number of pyridine rings is 1. The molecule has 0 aliphatic carbocycles. The monoisotopic (exact) mass is 343 g/mol. The minimum Gasteiger partial charge on any atom is -0.493 e. The molecule has 2 aromatic heterocycles. The maximum absolute atomic E-state index is 5.43. The van der Waals surface area contributed by atoms with Crippen LogP contribution in [0.5, 0.6) is 11.5 Å². The third-order valence-corrected chi connectivity index (χ3v) is 4.29. The fraction of sp³-hybridized carbons (Fsp3) is 0.0952. The normalized spacial score (nSPS) is 10.7. The topological polar surface area (TPSA) is 57.1 Å². The molecule has 0 amide bonds. The van der Waals surface area contributed by atoms with E-state index in [-0.39, 0.29) is 0 Å². The van der Waals surface area contributed by atoms with Gasteiger partial charge in [-0.2, -0.15) is 0 Å². The first-order valence-electron chi connectivity index (χ1n) is 8.17. The summed E-state index contributed by atoms with van der Waals surface area (Å²) in [6.07, 6.45) is 5.20. The number of aromatic nitrogens is 3. The molecule has 0 atom stereocenters. The number of hydrogen-bond acceptors (Lipinski definition) is 5. The van der Waals surface area contributed by atoms with Gasteiger partial charge in [-0.15, -0.1) is 0 Å². The molecule has 0 aliphatic heterocycles. The number of fused-ring (bicyclic) bond motifs is 1. The van der Waals surface area contributed by atoms with Gasteiger partial charge in [-0.05, 0) is 42.0 Å². The highest BCUT2D eigenvalue weighted by Gasteiger charge is 2.11. The number of methoxy groups -OCH3 is 2. The lowest BCUT2D eigenvalue weighted by Gasteiger charge is -2.11. The molecule has 26 heavy (non-hydrogen) atoms. The van der Waals surface area contributed by atoms with E-state index in [1.165, 1.54) is 0 Å². The van der Waals surface area contributed by atoms with Crippen molar-refractivity contribution in [2.75, 3.05) is 14.2 Å². The molecule has 2 aromatic carbocycles. The highest BCUT2D eigenvalue weighted by atomic mass is 16.5. The zero-order chi connectivity index (χ0) is 17.9. The van der Waals surface area contributed by atoms with E-state index in [1.54, 1.807) is 26.7 Å². The molecule has 0 saturated heterocycles. The molecule has 0 saturated carbocycles. The van der Waals surface area contributed by atoms with E-state index in [0.717, 1.165) is 33.3 Å². The van der Waals surface area contributed by atoms with Gasteiger partial charge in [-0.1, -0.05) is 12.1 Å².